The molecule has 0 amide bonds. The fourth-order valence-electron chi connectivity index (χ4n) is 2.42. The van der Waals surface area contributed by atoms with Gasteiger partial charge in [0.2, 0.25) is 5.89 Å². The van der Waals surface area contributed by atoms with Gasteiger partial charge in [0.1, 0.15) is 6.26 Å². The van der Waals surface area contributed by atoms with Crippen molar-refractivity contribution in [2.45, 2.75) is 19.4 Å². The van der Waals surface area contributed by atoms with Gasteiger partial charge in [0.25, 0.3) is 0 Å². The summed E-state index contributed by atoms with van der Waals surface area (Å²) in [5.74, 6) is 1.83. The molecule has 0 radical (unpaired) electrons. The van der Waals surface area contributed by atoms with Crippen LogP contribution in [0.4, 0.5) is 0 Å². The van der Waals surface area contributed by atoms with Gasteiger partial charge in [-0.2, -0.15) is 0 Å². The van der Waals surface area contributed by atoms with E-state index in [1.54, 1.807) is 24.6 Å². The molecule has 2 aromatic heterocycles. The summed E-state index contributed by atoms with van der Waals surface area (Å²) in [6, 6.07) is 14.1. The molecule has 3 aromatic rings. The van der Waals surface area contributed by atoms with Crippen LogP contribution in [0.25, 0.3) is 11.5 Å². The van der Waals surface area contributed by atoms with Crippen LogP contribution >= 0.6 is 35.3 Å². The number of aromatic nitrogens is 1. The number of oxazole rings is 1. The third-order valence-electron chi connectivity index (χ3n) is 3.84. The third kappa shape index (κ3) is 5.57. The second kappa shape index (κ2) is 10.3. The van der Waals surface area contributed by atoms with E-state index in [1.165, 1.54) is 4.88 Å². The van der Waals surface area contributed by atoms with Crippen LogP contribution in [0.2, 0.25) is 0 Å². The molecule has 7 heteroatoms. The number of guanidine groups is 1. The van der Waals surface area contributed by atoms with Crippen molar-refractivity contribution in [1.29, 1.82) is 0 Å². The maximum Gasteiger partial charge on any atom is 0.226 e. The van der Waals surface area contributed by atoms with E-state index < -0.39 is 0 Å². The van der Waals surface area contributed by atoms with Crippen LogP contribution in [0.3, 0.4) is 0 Å². The number of hydrogen-bond acceptors (Lipinski definition) is 4. The first-order chi connectivity index (χ1) is 12.3. The van der Waals surface area contributed by atoms with E-state index in [1.807, 2.05) is 30.3 Å². The van der Waals surface area contributed by atoms with E-state index >= 15 is 0 Å². The van der Waals surface area contributed by atoms with E-state index in [-0.39, 0.29) is 24.0 Å². The number of halogens is 1. The van der Waals surface area contributed by atoms with Gasteiger partial charge in [-0.1, -0.05) is 31.2 Å². The quantitative estimate of drug-likeness (QED) is 0.309. The summed E-state index contributed by atoms with van der Waals surface area (Å²) < 4.78 is 5.55. The molecule has 1 atom stereocenters. The lowest BCUT2D eigenvalue weighted by atomic mass is 10.1. The molecule has 1 unspecified atom stereocenters. The van der Waals surface area contributed by atoms with Crippen molar-refractivity contribution < 1.29 is 4.42 Å². The molecule has 0 fully saturated rings. The molecule has 3 rings (SSSR count). The standard InChI is InChI=1S/C19H22N4OS.HI/c1-14(17-9-6-10-25-17)11-21-19(20-2)22-12-16-13-24-18(23-16)15-7-4-3-5-8-15;/h3-10,13-14H,11-12H2,1-2H3,(H2,20,21,22);1H. The lowest BCUT2D eigenvalue weighted by Crippen LogP contribution is -2.38. The molecule has 5 nitrogen and oxygen atoms in total. The van der Waals surface area contributed by atoms with Crippen molar-refractivity contribution in [3.63, 3.8) is 0 Å². The van der Waals surface area contributed by atoms with Gasteiger partial charge in [0.15, 0.2) is 5.96 Å². The minimum Gasteiger partial charge on any atom is -0.444 e. The second-order valence-electron chi connectivity index (χ2n) is 5.73. The summed E-state index contributed by atoms with van der Waals surface area (Å²) in [5.41, 5.74) is 1.81. The van der Waals surface area contributed by atoms with Crippen LogP contribution in [-0.2, 0) is 6.54 Å². The van der Waals surface area contributed by atoms with Crippen molar-refractivity contribution in [1.82, 2.24) is 15.6 Å². The molecule has 2 N–H and O–H groups in total. The number of hydrogen-bond donors (Lipinski definition) is 2. The largest absolute Gasteiger partial charge is 0.444 e. The first-order valence-corrected chi connectivity index (χ1v) is 9.12. The molecule has 0 aliphatic heterocycles. The molecule has 0 aliphatic rings. The number of aliphatic imine (C=N–C) groups is 1. The van der Waals surface area contributed by atoms with Crippen molar-refractivity contribution in [2.24, 2.45) is 4.99 Å². The van der Waals surface area contributed by atoms with E-state index in [4.69, 9.17) is 4.42 Å². The Morgan fingerprint density at radius 1 is 1.19 bits per heavy atom. The molecular weight excluding hydrogens is 459 g/mol. The first kappa shape index (κ1) is 20.4. The Hall–Kier alpha value is -1.87. The van der Waals surface area contributed by atoms with Gasteiger partial charge in [-0.05, 0) is 23.6 Å². The number of nitrogens with one attached hydrogen (secondary N) is 2. The Balaban J connectivity index is 0.00000243. The zero-order valence-electron chi connectivity index (χ0n) is 14.8. The van der Waals surface area contributed by atoms with E-state index in [0.29, 0.717) is 18.4 Å². The summed E-state index contributed by atoms with van der Waals surface area (Å²) in [4.78, 5) is 10.1. The Bertz CT molecular complexity index is 802. The van der Waals surface area contributed by atoms with E-state index in [9.17, 15) is 0 Å². The highest BCUT2D eigenvalue weighted by Gasteiger charge is 2.09. The summed E-state index contributed by atoms with van der Waals surface area (Å²) in [6.07, 6.45) is 1.68. The predicted molar refractivity (Wildman–Crippen MR) is 118 cm³/mol. The Morgan fingerprint density at radius 3 is 2.69 bits per heavy atom. The molecule has 2 heterocycles. The second-order valence-corrected chi connectivity index (χ2v) is 6.71. The fraction of sp³-hybridized carbons (Fsp3) is 0.263. The van der Waals surface area contributed by atoms with Crippen LogP contribution in [0, 0.1) is 0 Å². The van der Waals surface area contributed by atoms with Crippen molar-refractivity contribution >= 4 is 41.3 Å². The third-order valence-corrected chi connectivity index (χ3v) is 4.94. The predicted octanol–water partition coefficient (Wildman–Crippen LogP) is 4.49. The minimum atomic E-state index is 0. The smallest absolute Gasteiger partial charge is 0.226 e. The van der Waals surface area contributed by atoms with Gasteiger partial charge in [-0.25, -0.2) is 4.98 Å². The first-order valence-electron chi connectivity index (χ1n) is 8.24. The highest BCUT2D eigenvalue weighted by molar-refractivity contribution is 14.0. The van der Waals surface area contributed by atoms with E-state index in [0.717, 1.165) is 23.8 Å². The van der Waals surface area contributed by atoms with Gasteiger partial charge < -0.3 is 15.1 Å². The van der Waals surface area contributed by atoms with Crippen molar-refractivity contribution in [3.8, 4) is 11.5 Å². The fourth-order valence-corrected chi connectivity index (χ4v) is 3.21. The van der Waals surface area contributed by atoms with Crippen LogP contribution in [0.5, 0.6) is 0 Å². The van der Waals surface area contributed by atoms with Crippen LogP contribution in [0.1, 0.15) is 23.4 Å². The van der Waals surface area contributed by atoms with Gasteiger partial charge in [-0.3, -0.25) is 4.99 Å². The maximum atomic E-state index is 5.55. The maximum absolute atomic E-state index is 5.55. The normalized spacial score (nSPS) is 12.3. The number of nitrogens with zero attached hydrogens (tertiary/aromatic N) is 2. The number of rotatable bonds is 6. The van der Waals surface area contributed by atoms with Gasteiger partial charge in [-0.15, -0.1) is 35.3 Å². The summed E-state index contributed by atoms with van der Waals surface area (Å²) >= 11 is 1.78. The molecule has 138 valence electrons. The highest BCUT2D eigenvalue weighted by atomic mass is 127. The van der Waals surface area contributed by atoms with Crippen molar-refractivity contribution in [2.75, 3.05) is 13.6 Å². The molecule has 0 saturated heterocycles. The van der Waals surface area contributed by atoms with Gasteiger partial charge in [0, 0.05) is 30.0 Å². The van der Waals surface area contributed by atoms with Crippen LogP contribution < -0.4 is 10.6 Å². The summed E-state index contributed by atoms with van der Waals surface area (Å²) in [7, 11) is 1.77. The molecular formula is C19H23IN4OS. The Kier molecular flexibility index (Phi) is 8.11. The lowest BCUT2D eigenvalue weighted by molar-refractivity contribution is 0.572. The topological polar surface area (TPSA) is 62.5 Å². The highest BCUT2D eigenvalue weighted by Crippen LogP contribution is 2.20. The lowest BCUT2D eigenvalue weighted by Gasteiger charge is -2.14. The molecule has 1 aromatic carbocycles. The van der Waals surface area contributed by atoms with Crippen LogP contribution in [-0.4, -0.2) is 24.5 Å². The van der Waals surface area contributed by atoms with Crippen LogP contribution in [0.15, 0.2) is 63.5 Å². The average molecular weight is 482 g/mol. The van der Waals surface area contributed by atoms with Gasteiger partial charge in [0.05, 0.1) is 12.2 Å². The zero-order valence-corrected chi connectivity index (χ0v) is 18.0. The molecule has 0 bridgehead atoms. The summed E-state index contributed by atoms with van der Waals surface area (Å²) in [5, 5.41) is 8.73. The SMILES string of the molecule is CN=C(NCc1coc(-c2ccccc2)n1)NCC(C)c1cccs1.I. The molecule has 26 heavy (non-hydrogen) atoms. The Labute approximate surface area is 175 Å². The zero-order chi connectivity index (χ0) is 17.5. The Morgan fingerprint density at radius 2 is 2.00 bits per heavy atom. The van der Waals surface area contributed by atoms with Crippen molar-refractivity contribution in [3.05, 3.63) is 64.7 Å². The molecule has 0 aliphatic carbocycles. The van der Waals surface area contributed by atoms with Gasteiger partial charge >= 0.3 is 0 Å². The average Bonchev–Trinajstić information content (AvgIpc) is 3.34. The molecule has 0 spiro atoms. The minimum absolute atomic E-state index is 0. The number of benzene rings is 1. The van der Waals surface area contributed by atoms with E-state index in [2.05, 4.69) is 45.0 Å². The monoisotopic (exact) mass is 482 g/mol. The number of thiophene rings is 1. The summed E-state index contributed by atoms with van der Waals surface area (Å²) in [6.45, 7) is 3.59. The molecule has 0 saturated carbocycles.